The third-order valence-electron chi connectivity index (χ3n) is 5.04. The first-order valence-corrected chi connectivity index (χ1v) is 12.5. The van der Waals surface area contributed by atoms with Gasteiger partial charge in [-0.3, -0.25) is 9.89 Å². The number of hydrogen-bond donors (Lipinski definition) is 1. The number of hydrogen-bond acceptors (Lipinski definition) is 7. The van der Waals surface area contributed by atoms with Crippen molar-refractivity contribution >= 4 is 39.1 Å². The van der Waals surface area contributed by atoms with Gasteiger partial charge in [-0.1, -0.05) is 23.4 Å². The summed E-state index contributed by atoms with van der Waals surface area (Å²) in [7, 11) is -1.47. The van der Waals surface area contributed by atoms with Crippen LogP contribution in [0.3, 0.4) is 0 Å². The Balaban J connectivity index is 1.43. The van der Waals surface area contributed by atoms with Crippen LogP contribution >= 0.6 is 23.4 Å². The molecule has 0 spiro atoms. The summed E-state index contributed by atoms with van der Waals surface area (Å²) in [4.78, 5) is 19.0. The van der Waals surface area contributed by atoms with Gasteiger partial charge in [-0.05, 0) is 37.5 Å². The molecule has 0 radical (unpaired) electrons. The summed E-state index contributed by atoms with van der Waals surface area (Å²) in [6.45, 7) is 0. The average molecular weight is 457 g/mol. The summed E-state index contributed by atoms with van der Waals surface area (Å²) in [5.74, 6) is 1.44. The van der Waals surface area contributed by atoms with E-state index in [2.05, 4.69) is 15.2 Å². The predicted molar refractivity (Wildman–Crippen MR) is 111 cm³/mol. The number of rotatable bonds is 7. The molecular formula is C18H21ClN4O4S2. The standard InChI is InChI=1S/C18H21ClN4O4S2/c1-27-15-5-2-11(19)8-14(15)17-20-18(22-21-17)28-9-16(24)23(12-3-4-12)13-6-7-29(25,26)10-13/h2,5,8,12-13H,3-4,6-7,9-10H2,1H3,(H,20,21,22)/t13-/m0/s1. The lowest BCUT2D eigenvalue weighted by Crippen LogP contribution is -2.43. The highest BCUT2D eigenvalue weighted by Crippen LogP contribution is 2.34. The van der Waals surface area contributed by atoms with E-state index in [1.54, 1.807) is 30.2 Å². The van der Waals surface area contributed by atoms with Gasteiger partial charge in [0.25, 0.3) is 0 Å². The van der Waals surface area contributed by atoms with Crippen molar-refractivity contribution in [3.63, 3.8) is 0 Å². The molecule has 1 aliphatic carbocycles. The van der Waals surface area contributed by atoms with E-state index in [0.29, 0.717) is 33.7 Å². The zero-order valence-electron chi connectivity index (χ0n) is 15.8. The van der Waals surface area contributed by atoms with Gasteiger partial charge in [0, 0.05) is 17.1 Å². The largest absolute Gasteiger partial charge is 0.496 e. The molecule has 11 heteroatoms. The van der Waals surface area contributed by atoms with Crippen molar-refractivity contribution in [2.24, 2.45) is 0 Å². The summed E-state index contributed by atoms with van der Waals surface area (Å²) < 4.78 is 29.0. The van der Waals surface area contributed by atoms with Crippen molar-refractivity contribution in [1.29, 1.82) is 0 Å². The van der Waals surface area contributed by atoms with Crippen molar-refractivity contribution in [3.05, 3.63) is 23.2 Å². The van der Waals surface area contributed by atoms with E-state index in [-0.39, 0.29) is 35.2 Å². The SMILES string of the molecule is COc1ccc(Cl)cc1-c1nc(SCC(=O)N(C2CC2)[C@H]2CCS(=O)(=O)C2)n[nH]1. The second-order valence-corrected chi connectivity index (χ2v) is 10.8. The van der Waals surface area contributed by atoms with Crippen LogP contribution in [0.1, 0.15) is 19.3 Å². The minimum Gasteiger partial charge on any atom is -0.496 e. The molecule has 1 aromatic carbocycles. The van der Waals surface area contributed by atoms with E-state index in [9.17, 15) is 13.2 Å². The van der Waals surface area contributed by atoms with Gasteiger partial charge in [0.15, 0.2) is 15.7 Å². The molecule has 0 unspecified atom stereocenters. The van der Waals surface area contributed by atoms with Crippen LogP contribution in [-0.2, 0) is 14.6 Å². The molecule has 1 amide bonds. The fourth-order valence-electron chi connectivity index (χ4n) is 3.55. The van der Waals surface area contributed by atoms with Crippen LogP contribution in [0, 0.1) is 0 Å². The summed E-state index contributed by atoms with van der Waals surface area (Å²) in [6, 6.07) is 5.17. The van der Waals surface area contributed by atoms with E-state index in [0.717, 1.165) is 12.8 Å². The molecule has 1 saturated heterocycles. The lowest BCUT2D eigenvalue weighted by molar-refractivity contribution is -0.130. The lowest BCUT2D eigenvalue weighted by atomic mass is 10.2. The molecule has 8 nitrogen and oxygen atoms in total. The lowest BCUT2D eigenvalue weighted by Gasteiger charge is -2.28. The first-order chi connectivity index (χ1) is 13.9. The number of carbonyl (C=O) groups is 1. The van der Waals surface area contributed by atoms with Crippen molar-refractivity contribution in [2.45, 2.75) is 36.5 Å². The van der Waals surface area contributed by atoms with Crippen LogP contribution in [0.15, 0.2) is 23.4 Å². The van der Waals surface area contributed by atoms with Crippen LogP contribution in [0.2, 0.25) is 5.02 Å². The Hall–Kier alpha value is -1.78. The van der Waals surface area contributed by atoms with E-state index in [1.165, 1.54) is 11.8 Å². The molecule has 1 N–H and O–H groups in total. The van der Waals surface area contributed by atoms with Gasteiger partial charge in [-0.25, -0.2) is 13.4 Å². The van der Waals surface area contributed by atoms with Gasteiger partial charge >= 0.3 is 0 Å². The van der Waals surface area contributed by atoms with Gasteiger partial charge in [-0.15, -0.1) is 5.10 Å². The number of halogens is 1. The number of aromatic nitrogens is 3. The Morgan fingerprint density at radius 3 is 2.79 bits per heavy atom. The number of thioether (sulfide) groups is 1. The monoisotopic (exact) mass is 456 g/mol. The Labute approximate surface area is 178 Å². The normalized spacial score (nSPS) is 20.6. The Morgan fingerprint density at radius 2 is 2.14 bits per heavy atom. The van der Waals surface area contributed by atoms with Gasteiger partial charge < -0.3 is 9.64 Å². The molecule has 1 atom stereocenters. The maximum Gasteiger partial charge on any atom is 0.233 e. The topological polar surface area (TPSA) is 105 Å². The molecule has 2 fully saturated rings. The number of ether oxygens (including phenoxy) is 1. The molecule has 29 heavy (non-hydrogen) atoms. The third-order valence-corrected chi connectivity index (χ3v) is 7.85. The minimum atomic E-state index is -3.04. The highest BCUT2D eigenvalue weighted by Gasteiger charge is 2.41. The summed E-state index contributed by atoms with van der Waals surface area (Å²) >= 11 is 7.30. The molecule has 1 saturated carbocycles. The van der Waals surface area contributed by atoms with Crippen molar-refractivity contribution < 1.29 is 17.9 Å². The zero-order chi connectivity index (χ0) is 20.6. The summed E-state index contributed by atoms with van der Waals surface area (Å²) in [5.41, 5.74) is 0.682. The maximum absolute atomic E-state index is 12.8. The molecule has 1 aromatic heterocycles. The Kier molecular flexibility index (Phi) is 5.76. The number of sulfone groups is 1. The van der Waals surface area contributed by atoms with Crippen LogP contribution in [0.5, 0.6) is 5.75 Å². The van der Waals surface area contributed by atoms with Crippen LogP contribution in [0.4, 0.5) is 0 Å². The molecule has 1 aliphatic heterocycles. The number of aromatic amines is 1. The maximum atomic E-state index is 12.8. The first-order valence-electron chi connectivity index (χ1n) is 9.27. The summed E-state index contributed by atoms with van der Waals surface area (Å²) in [6.07, 6.45) is 2.40. The molecule has 2 aromatic rings. The smallest absolute Gasteiger partial charge is 0.233 e. The number of nitrogens with one attached hydrogen (secondary N) is 1. The van der Waals surface area contributed by atoms with Crippen LogP contribution < -0.4 is 4.74 Å². The average Bonchev–Trinajstić information content (AvgIpc) is 3.28. The molecule has 156 valence electrons. The van der Waals surface area contributed by atoms with Crippen LogP contribution in [0.25, 0.3) is 11.4 Å². The van der Waals surface area contributed by atoms with Gasteiger partial charge in [-0.2, -0.15) is 0 Å². The zero-order valence-corrected chi connectivity index (χ0v) is 18.2. The molecule has 2 aliphatic rings. The van der Waals surface area contributed by atoms with E-state index < -0.39 is 9.84 Å². The fraction of sp³-hybridized carbons (Fsp3) is 0.500. The first kappa shape index (κ1) is 20.5. The Bertz CT molecular complexity index is 1020. The molecule has 0 bridgehead atoms. The Morgan fingerprint density at radius 1 is 1.34 bits per heavy atom. The number of H-pyrrole nitrogens is 1. The molecule has 2 heterocycles. The number of benzene rings is 1. The summed E-state index contributed by atoms with van der Waals surface area (Å²) in [5, 5.41) is 8.01. The fourth-order valence-corrected chi connectivity index (χ4v) is 6.10. The van der Waals surface area contributed by atoms with Gasteiger partial charge in [0.1, 0.15) is 5.75 Å². The van der Waals surface area contributed by atoms with Crippen molar-refractivity contribution in [3.8, 4) is 17.1 Å². The predicted octanol–water partition coefficient (Wildman–Crippen LogP) is 2.40. The number of amides is 1. The van der Waals surface area contributed by atoms with E-state index in [4.69, 9.17) is 16.3 Å². The molecule has 4 rings (SSSR count). The van der Waals surface area contributed by atoms with E-state index >= 15 is 0 Å². The third kappa shape index (κ3) is 4.70. The number of methoxy groups -OCH3 is 1. The van der Waals surface area contributed by atoms with Crippen LogP contribution in [-0.4, -0.2) is 70.9 Å². The number of nitrogens with zero attached hydrogens (tertiary/aromatic N) is 3. The second kappa shape index (κ2) is 8.16. The highest BCUT2D eigenvalue weighted by atomic mass is 35.5. The highest BCUT2D eigenvalue weighted by molar-refractivity contribution is 7.99. The number of carbonyl (C=O) groups excluding carboxylic acids is 1. The van der Waals surface area contributed by atoms with Crippen molar-refractivity contribution in [1.82, 2.24) is 20.1 Å². The van der Waals surface area contributed by atoms with Gasteiger partial charge in [0.2, 0.25) is 11.1 Å². The second-order valence-electron chi connectivity index (χ2n) is 7.19. The molecular weight excluding hydrogens is 436 g/mol. The quantitative estimate of drug-likeness (QED) is 0.637. The van der Waals surface area contributed by atoms with E-state index in [1.807, 2.05) is 0 Å². The minimum absolute atomic E-state index is 0.0636. The van der Waals surface area contributed by atoms with Gasteiger partial charge in [0.05, 0.1) is 29.9 Å². The van der Waals surface area contributed by atoms with Crippen molar-refractivity contribution in [2.75, 3.05) is 24.4 Å².